The van der Waals surface area contributed by atoms with Crippen LogP contribution in [0.5, 0.6) is 5.75 Å². The molecular formula is C23H26N6O2. The van der Waals surface area contributed by atoms with Crippen LogP contribution in [-0.2, 0) is 10.3 Å². The molecule has 0 bridgehead atoms. The monoisotopic (exact) mass is 418 g/mol. The van der Waals surface area contributed by atoms with Crippen molar-refractivity contribution in [3.8, 4) is 5.75 Å². The number of ether oxygens (including phenoxy) is 1. The minimum Gasteiger partial charge on any atom is -0.494 e. The Morgan fingerprint density at radius 3 is 2.52 bits per heavy atom. The number of nitrogens with one attached hydrogen (secondary N) is 2. The van der Waals surface area contributed by atoms with E-state index in [0.717, 1.165) is 35.3 Å². The first-order chi connectivity index (χ1) is 15.0. The van der Waals surface area contributed by atoms with E-state index in [1.165, 1.54) is 6.33 Å². The highest BCUT2D eigenvalue weighted by atomic mass is 16.5. The molecule has 1 atom stereocenters. The number of amides is 1. The predicted octanol–water partition coefficient (Wildman–Crippen LogP) is 3.43. The molecule has 3 aromatic rings. The number of aryl methyl sites for hydroxylation is 1. The van der Waals surface area contributed by atoms with Crippen molar-refractivity contribution in [2.24, 2.45) is 0 Å². The Bertz CT molecular complexity index is 1070. The summed E-state index contributed by atoms with van der Waals surface area (Å²) in [5.74, 6) is 1.49. The van der Waals surface area contributed by atoms with Crippen LogP contribution in [0.4, 0.5) is 0 Å². The summed E-state index contributed by atoms with van der Waals surface area (Å²) in [6.07, 6.45) is 7.50. The van der Waals surface area contributed by atoms with Gasteiger partial charge in [-0.25, -0.2) is 15.0 Å². The van der Waals surface area contributed by atoms with Crippen molar-refractivity contribution >= 4 is 17.1 Å². The second kappa shape index (κ2) is 8.67. The van der Waals surface area contributed by atoms with E-state index in [-0.39, 0.29) is 5.91 Å². The molecule has 3 heterocycles. The van der Waals surface area contributed by atoms with Crippen LogP contribution in [0.25, 0.3) is 11.1 Å². The summed E-state index contributed by atoms with van der Waals surface area (Å²) in [7, 11) is 0. The molecule has 1 amide bonds. The van der Waals surface area contributed by atoms with Gasteiger partial charge < -0.3 is 10.1 Å². The zero-order chi connectivity index (χ0) is 21.8. The van der Waals surface area contributed by atoms with Gasteiger partial charge in [0.15, 0.2) is 11.6 Å². The third-order valence-corrected chi connectivity index (χ3v) is 5.41. The lowest BCUT2D eigenvalue weighted by molar-refractivity contribution is -0.117. The fourth-order valence-corrected chi connectivity index (χ4v) is 3.68. The summed E-state index contributed by atoms with van der Waals surface area (Å²) in [4.78, 5) is 26.4. The Labute approximate surface area is 181 Å². The van der Waals surface area contributed by atoms with E-state index >= 15 is 0 Å². The first kappa shape index (κ1) is 20.7. The quantitative estimate of drug-likeness (QED) is 0.570. The second-order valence-electron chi connectivity index (χ2n) is 7.96. The number of aromatic amines is 1. The van der Waals surface area contributed by atoms with Crippen LogP contribution in [0, 0.1) is 6.92 Å². The molecule has 8 heteroatoms. The lowest BCUT2D eigenvalue weighted by atomic mass is 9.80. The lowest BCUT2D eigenvalue weighted by Gasteiger charge is -2.36. The highest BCUT2D eigenvalue weighted by Crippen LogP contribution is 2.40. The minimum absolute atomic E-state index is 0.243. The number of hydrogen-bond acceptors (Lipinski definition) is 6. The minimum atomic E-state index is -0.633. The molecule has 160 valence electrons. The zero-order valence-electron chi connectivity index (χ0n) is 18.0. The number of aromatic nitrogens is 5. The lowest BCUT2D eigenvalue weighted by Crippen LogP contribution is -2.47. The van der Waals surface area contributed by atoms with E-state index in [4.69, 9.17) is 4.74 Å². The molecule has 0 unspecified atom stereocenters. The maximum Gasteiger partial charge on any atom is 0.256 e. The van der Waals surface area contributed by atoms with Crippen LogP contribution in [0.3, 0.4) is 0 Å². The van der Waals surface area contributed by atoms with Crippen molar-refractivity contribution in [1.29, 1.82) is 0 Å². The van der Waals surface area contributed by atoms with Crippen LogP contribution in [0.15, 0.2) is 43.0 Å². The van der Waals surface area contributed by atoms with Gasteiger partial charge in [-0.3, -0.25) is 9.89 Å². The van der Waals surface area contributed by atoms with E-state index in [9.17, 15) is 4.79 Å². The highest BCUT2D eigenvalue weighted by Gasteiger charge is 2.39. The number of carbonyl (C=O) groups is 1. The molecular weight excluding hydrogens is 392 g/mol. The van der Waals surface area contributed by atoms with Crippen LogP contribution in [-0.4, -0.2) is 37.7 Å². The molecule has 2 N–H and O–H groups in total. The third-order valence-electron chi connectivity index (χ3n) is 5.41. The third kappa shape index (κ3) is 4.33. The molecule has 2 aromatic heterocycles. The van der Waals surface area contributed by atoms with Crippen molar-refractivity contribution in [2.75, 3.05) is 6.61 Å². The molecule has 0 aliphatic carbocycles. The standard InChI is InChI=1S/C23H26N6O2/c1-4-5-10-31-17-8-6-16(7-9-17)23(3)11-18(20-24-12-15(2)13-25-20)19(22(30)28-23)21-26-14-27-29-21/h6-9,12-14H,4-5,10-11H2,1-3H3,(H,28,30)(H,26,27,29)/t23-/m0/s1. The summed E-state index contributed by atoms with van der Waals surface area (Å²) in [6.45, 7) is 6.76. The van der Waals surface area contributed by atoms with Crippen LogP contribution >= 0.6 is 0 Å². The Morgan fingerprint density at radius 1 is 1.13 bits per heavy atom. The van der Waals surface area contributed by atoms with E-state index < -0.39 is 5.54 Å². The molecule has 0 fully saturated rings. The van der Waals surface area contributed by atoms with Gasteiger partial charge >= 0.3 is 0 Å². The molecule has 0 saturated carbocycles. The van der Waals surface area contributed by atoms with E-state index in [1.807, 2.05) is 38.1 Å². The summed E-state index contributed by atoms with van der Waals surface area (Å²) in [5, 5.41) is 9.85. The Hall–Kier alpha value is -3.55. The molecule has 4 rings (SSSR count). The zero-order valence-corrected chi connectivity index (χ0v) is 18.0. The topological polar surface area (TPSA) is 106 Å². The summed E-state index contributed by atoms with van der Waals surface area (Å²) in [5.41, 5.74) is 2.44. The molecule has 0 radical (unpaired) electrons. The number of nitrogens with zero attached hydrogens (tertiary/aromatic N) is 4. The van der Waals surface area contributed by atoms with Gasteiger partial charge in [-0.2, -0.15) is 5.10 Å². The first-order valence-corrected chi connectivity index (χ1v) is 10.4. The number of hydrogen-bond donors (Lipinski definition) is 2. The Morgan fingerprint density at radius 2 is 1.87 bits per heavy atom. The van der Waals surface area contributed by atoms with Gasteiger partial charge in [0.25, 0.3) is 5.91 Å². The normalized spacial score (nSPS) is 18.7. The molecule has 1 aliphatic heterocycles. The van der Waals surface area contributed by atoms with E-state index in [2.05, 4.69) is 37.4 Å². The van der Waals surface area contributed by atoms with Crippen molar-refractivity contribution in [2.45, 2.75) is 45.6 Å². The first-order valence-electron chi connectivity index (χ1n) is 10.4. The van der Waals surface area contributed by atoms with Gasteiger partial charge in [0.05, 0.1) is 17.7 Å². The average Bonchev–Trinajstić information content (AvgIpc) is 3.29. The maximum atomic E-state index is 13.2. The summed E-state index contributed by atoms with van der Waals surface area (Å²) < 4.78 is 5.77. The Kier molecular flexibility index (Phi) is 5.79. The summed E-state index contributed by atoms with van der Waals surface area (Å²) in [6, 6.07) is 7.88. The number of benzene rings is 1. The van der Waals surface area contributed by atoms with Crippen molar-refractivity contribution in [1.82, 2.24) is 30.5 Å². The van der Waals surface area contributed by atoms with Gasteiger partial charge in [-0.15, -0.1) is 0 Å². The number of carbonyl (C=O) groups excluding carboxylic acids is 1. The van der Waals surface area contributed by atoms with Crippen LogP contribution in [0.1, 0.15) is 55.9 Å². The average molecular weight is 419 g/mol. The number of rotatable bonds is 7. The SMILES string of the molecule is CCCCOc1ccc([C@]2(C)CC(c3ncc(C)cn3)=C(c3ncn[nH]3)C(=O)N2)cc1. The van der Waals surface area contributed by atoms with Gasteiger partial charge in [-0.1, -0.05) is 25.5 Å². The smallest absolute Gasteiger partial charge is 0.256 e. The van der Waals surface area contributed by atoms with Crippen molar-refractivity contribution < 1.29 is 9.53 Å². The fourth-order valence-electron chi connectivity index (χ4n) is 3.68. The van der Waals surface area contributed by atoms with Gasteiger partial charge in [0, 0.05) is 24.4 Å². The fraction of sp³-hybridized carbons (Fsp3) is 0.348. The molecule has 8 nitrogen and oxygen atoms in total. The molecule has 31 heavy (non-hydrogen) atoms. The summed E-state index contributed by atoms with van der Waals surface area (Å²) >= 11 is 0. The highest BCUT2D eigenvalue weighted by molar-refractivity contribution is 6.27. The van der Waals surface area contributed by atoms with E-state index in [0.29, 0.717) is 30.2 Å². The second-order valence-corrected chi connectivity index (χ2v) is 7.96. The predicted molar refractivity (Wildman–Crippen MR) is 117 cm³/mol. The maximum absolute atomic E-state index is 13.2. The van der Waals surface area contributed by atoms with Crippen molar-refractivity contribution in [3.05, 3.63) is 65.8 Å². The number of unbranched alkanes of at least 4 members (excludes halogenated alkanes) is 1. The van der Waals surface area contributed by atoms with Crippen LogP contribution in [0.2, 0.25) is 0 Å². The number of H-pyrrole nitrogens is 1. The van der Waals surface area contributed by atoms with Gasteiger partial charge in [0.1, 0.15) is 12.1 Å². The van der Waals surface area contributed by atoms with Crippen LogP contribution < -0.4 is 10.1 Å². The van der Waals surface area contributed by atoms with Gasteiger partial charge in [0.2, 0.25) is 0 Å². The molecule has 1 aliphatic rings. The Balaban J connectivity index is 1.70. The van der Waals surface area contributed by atoms with Crippen molar-refractivity contribution in [3.63, 3.8) is 0 Å². The molecule has 0 spiro atoms. The largest absolute Gasteiger partial charge is 0.494 e. The van der Waals surface area contributed by atoms with Gasteiger partial charge in [-0.05, 0) is 43.5 Å². The molecule has 1 aromatic carbocycles. The molecule has 0 saturated heterocycles. The van der Waals surface area contributed by atoms with E-state index in [1.54, 1.807) is 12.4 Å².